The number of alkyl halides is 3. The van der Waals surface area contributed by atoms with Crippen molar-refractivity contribution in [2.75, 3.05) is 13.1 Å². The van der Waals surface area contributed by atoms with Gasteiger partial charge in [-0.3, -0.25) is 9.78 Å². The van der Waals surface area contributed by atoms with Crippen molar-refractivity contribution < 1.29 is 18.0 Å². The number of hydrogen-bond donors (Lipinski definition) is 0. The van der Waals surface area contributed by atoms with Crippen molar-refractivity contribution in [2.45, 2.75) is 31.9 Å². The van der Waals surface area contributed by atoms with E-state index in [4.69, 9.17) is 5.26 Å². The lowest BCUT2D eigenvalue weighted by Crippen LogP contribution is -2.57. The molecule has 1 saturated carbocycles. The van der Waals surface area contributed by atoms with Crippen LogP contribution in [0.2, 0.25) is 0 Å². The van der Waals surface area contributed by atoms with E-state index in [1.165, 1.54) is 23.4 Å². The third-order valence-electron chi connectivity index (χ3n) is 5.14. The Morgan fingerprint density at radius 3 is 2.74 bits per heavy atom. The lowest BCUT2D eigenvalue weighted by Gasteiger charge is -2.54. The average Bonchev–Trinajstić information content (AvgIpc) is 2.51. The molecule has 1 saturated heterocycles. The largest absolute Gasteiger partial charge is 0.392 e. The van der Waals surface area contributed by atoms with Crippen LogP contribution in [0, 0.1) is 22.7 Å². The van der Waals surface area contributed by atoms with Gasteiger partial charge in [0.05, 0.1) is 17.0 Å². The molecule has 1 spiro atoms. The molecule has 2 fully saturated rings. The second-order valence-corrected chi connectivity index (χ2v) is 6.36. The number of amides is 1. The predicted molar refractivity (Wildman–Crippen MR) is 75.3 cm³/mol. The maximum Gasteiger partial charge on any atom is 0.392 e. The zero-order valence-electron chi connectivity index (χ0n) is 12.4. The van der Waals surface area contributed by atoms with E-state index in [9.17, 15) is 18.0 Å². The second-order valence-electron chi connectivity index (χ2n) is 6.36. The summed E-state index contributed by atoms with van der Waals surface area (Å²) in [7, 11) is 0. The Morgan fingerprint density at radius 1 is 1.43 bits per heavy atom. The van der Waals surface area contributed by atoms with Crippen LogP contribution in [-0.2, 0) is 0 Å². The molecule has 0 N–H and O–H groups in total. The molecule has 1 aliphatic carbocycles. The molecule has 0 radical (unpaired) electrons. The highest BCUT2D eigenvalue weighted by Gasteiger charge is 2.58. The summed E-state index contributed by atoms with van der Waals surface area (Å²) >= 11 is 0. The van der Waals surface area contributed by atoms with Gasteiger partial charge in [-0.15, -0.1) is 0 Å². The van der Waals surface area contributed by atoms with E-state index >= 15 is 0 Å². The topological polar surface area (TPSA) is 57.0 Å². The van der Waals surface area contributed by atoms with Gasteiger partial charge in [-0.05, 0) is 30.7 Å². The number of likely N-dealkylation sites (tertiary alicyclic amines) is 1. The molecule has 1 unspecified atom stereocenters. The maximum absolute atomic E-state index is 13.3. The van der Waals surface area contributed by atoms with E-state index in [0.29, 0.717) is 12.8 Å². The second kappa shape index (κ2) is 5.52. The van der Waals surface area contributed by atoms with Gasteiger partial charge < -0.3 is 4.90 Å². The van der Waals surface area contributed by atoms with Crippen LogP contribution in [0.4, 0.5) is 13.2 Å². The zero-order valence-corrected chi connectivity index (χ0v) is 12.4. The molecule has 122 valence electrons. The fraction of sp³-hybridized carbons (Fsp3) is 0.562. The van der Waals surface area contributed by atoms with Gasteiger partial charge in [0, 0.05) is 25.5 Å². The SMILES string of the molecule is N#Cc1ccncc1C(=O)N1CCC(C(F)(F)F)C2(CCC2)C1. The fourth-order valence-corrected chi connectivity index (χ4v) is 3.81. The molecule has 3 rings (SSSR count). The number of nitriles is 1. The standard InChI is InChI=1S/C16H16F3N3O/c17-16(18,19)13-3-7-22(10-15(13)4-1-5-15)14(23)12-9-21-6-2-11(12)8-20/h2,6,9,13H,1,3-5,7,10H2. The molecule has 1 aromatic heterocycles. The number of carbonyl (C=O) groups excluding carboxylic acids is 1. The van der Waals surface area contributed by atoms with Crippen LogP contribution >= 0.6 is 0 Å². The summed E-state index contributed by atoms with van der Waals surface area (Å²) in [6.07, 6.45) is 0.199. The lowest BCUT2D eigenvalue weighted by atomic mass is 9.58. The van der Waals surface area contributed by atoms with E-state index in [2.05, 4.69) is 4.98 Å². The Hall–Kier alpha value is -2.10. The molecular weight excluding hydrogens is 307 g/mol. The van der Waals surface area contributed by atoms with Gasteiger partial charge in [0.25, 0.3) is 5.91 Å². The summed E-state index contributed by atoms with van der Waals surface area (Å²) in [5.74, 6) is -1.74. The first-order valence-corrected chi connectivity index (χ1v) is 7.57. The Kier molecular flexibility index (Phi) is 3.78. The molecule has 1 aromatic rings. The minimum atomic E-state index is -4.22. The van der Waals surface area contributed by atoms with Crippen molar-refractivity contribution in [1.29, 1.82) is 5.26 Å². The summed E-state index contributed by atoms with van der Waals surface area (Å²) in [5, 5.41) is 9.08. The Bertz CT molecular complexity index is 661. The lowest BCUT2D eigenvalue weighted by molar-refractivity contribution is -0.235. The molecule has 2 aliphatic rings. The molecule has 4 nitrogen and oxygen atoms in total. The van der Waals surface area contributed by atoms with Crippen LogP contribution in [0.5, 0.6) is 0 Å². The number of piperidine rings is 1. The summed E-state index contributed by atoms with van der Waals surface area (Å²) in [6.45, 7) is 0.167. The third kappa shape index (κ3) is 2.67. The Balaban J connectivity index is 1.84. The third-order valence-corrected chi connectivity index (χ3v) is 5.14. The van der Waals surface area contributed by atoms with Crippen LogP contribution in [-0.4, -0.2) is 35.1 Å². The van der Waals surface area contributed by atoms with Gasteiger partial charge in [-0.1, -0.05) is 6.42 Å². The monoisotopic (exact) mass is 323 g/mol. The van der Waals surface area contributed by atoms with E-state index in [-0.39, 0.29) is 30.6 Å². The quantitative estimate of drug-likeness (QED) is 0.798. The molecule has 2 heterocycles. The molecule has 1 aliphatic heterocycles. The summed E-state index contributed by atoms with van der Waals surface area (Å²) in [5.41, 5.74) is -0.484. The summed E-state index contributed by atoms with van der Waals surface area (Å²) in [4.78, 5) is 17.9. The molecule has 23 heavy (non-hydrogen) atoms. The minimum Gasteiger partial charge on any atom is -0.338 e. The Morgan fingerprint density at radius 2 is 2.17 bits per heavy atom. The number of nitrogens with zero attached hydrogens (tertiary/aromatic N) is 3. The smallest absolute Gasteiger partial charge is 0.338 e. The van der Waals surface area contributed by atoms with Gasteiger partial charge >= 0.3 is 6.18 Å². The molecule has 1 atom stereocenters. The predicted octanol–water partition coefficient (Wildman–Crippen LogP) is 3.15. The number of hydrogen-bond acceptors (Lipinski definition) is 3. The van der Waals surface area contributed by atoms with E-state index in [0.717, 1.165) is 6.42 Å². The fourth-order valence-electron chi connectivity index (χ4n) is 3.81. The Labute approximate surface area is 131 Å². The van der Waals surface area contributed by atoms with E-state index in [1.807, 2.05) is 6.07 Å². The first-order chi connectivity index (χ1) is 10.9. The molecule has 0 bridgehead atoms. The van der Waals surface area contributed by atoms with Crippen LogP contribution in [0.25, 0.3) is 0 Å². The van der Waals surface area contributed by atoms with Gasteiger partial charge in [0.1, 0.15) is 6.07 Å². The first-order valence-electron chi connectivity index (χ1n) is 7.57. The van der Waals surface area contributed by atoms with Crippen LogP contribution in [0.15, 0.2) is 18.5 Å². The van der Waals surface area contributed by atoms with Gasteiger partial charge in [-0.2, -0.15) is 18.4 Å². The van der Waals surface area contributed by atoms with E-state index < -0.39 is 23.4 Å². The number of carbonyl (C=O) groups is 1. The van der Waals surface area contributed by atoms with Crippen molar-refractivity contribution in [3.8, 4) is 6.07 Å². The first kappa shape index (κ1) is 15.8. The number of rotatable bonds is 1. The highest BCUT2D eigenvalue weighted by Crippen LogP contribution is 2.56. The molecule has 0 aromatic carbocycles. The van der Waals surface area contributed by atoms with Crippen LogP contribution in [0.3, 0.4) is 0 Å². The van der Waals surface area contributed by atoms with Crippen LogP contribution < -0.4 is 0 Å². The highest BCUT2D eigenvalue weighted by molar-refractivity contribution is 5.96. The van der Waals surface area contributed by atoms with Crippen molar-refractivity contribution in [3.63, 3.8) is 0 Å². The minimum absolute atomic E-state index is 0.0600. The molecule has 1 amide bonds. The zero-order chi connectivity index (χ0) is 16.7. The maximum atomic E-state index is 13.3. The van der Waals surface area contributed by atoms with Crippen LogP contribution in [0.1, 0.15) is 41.6 Å². The van der Waals surface area contributed by atoms with Gasteiger partial charge in [0.15, 0.2) is 0 Å². The molecule has 7 heteroatoms. The van der Waals surface area contributed by atoms with Gasteiger partial charge in [-0.25, -0.2) is 0 Å². The van der Waals surface area contributed by atoms with Crippen molar-refractivity contribution >= 4 is 5.91 Å². The van der Waals surface area contributed by atoms with Gasteiger partial charge in [0.2, 0.25) is 0 Å². The number of halogens is 3. The average molecular weight is 323 g/mol. The normalized spacial score (nSPS) is 23.2. The van der Waals surface area contributed by atoms with Crippen molar-refractivity contribution in [2.24, 2.45) is 11.3 Å². The molecular formula is C16H16F3N3O. The summed E-state index contributed by atoms with van der Waals surface area (Å²) < 4.78 is 39.8. The number of aromatic nitrogens is 1. The summed E-state index contributed by atoms with van der Waals surface area (Å²) in [6, 6.07) is 3.37. The van der Waals surface area contributed by atoms with E-state index in [1.54, 1.807) is 0 Å². The van der Waals surface area contributed by atoms with Crippen molar-refractivity contribution in [1.82, 2.24) is 9.88 Å². The highest BCUT2D eigenvalue weighted by atomic mass is 19.4. The number of pyridine rings is 1. The van der Waals surface area contributed by atoms with Crippen molar-refractivity contribution in [3.05, 3.63) is 29.6 Å².